The van der Waals surface area contributed by atoms with Crippen molar-refractivity contribution in [3.63, 3.8) is 0 Å². The Morgan fingerprint density at radius 2 is 2.00 bits per heavy atom. The van der Waals surface area contributed by atoms with Gasteiger partial charge in [-0.15, -0.1) is 0 Å². The molecule has 0 bridgehead atoms. The number of carbonyl (C=O) groups is 1. The third-order valence-electron chi connectivity index (χ3n) is 3.54. The van der Waals surface area contributed by atoms with Gasteiger partial charge < -0.3 is 14.6 Å². The van der Waals surface area contributed by atoms with E-state index < -0.39 is 28.7 Å². The maximum absolute atomic E-state index is 12.4. The van der Waals surface area contributed by atoms with Crippen LogP contribution >= 0.6 is 0 Å². The summed E-state index contributed by atoms with van der Waals surface area (Å²) in [6, 6.07) is 6.39. The first-order chi connectivity index (χ1) is 13.0. The first kappa shape index (κ1) is 21.3. The quantitative estimate of drug-likeness (QED) is 0.748. The number of amides is 1. The van der Waals surface area contributed by atoms with E-state index in [9.17, 15) is 26.4 Å². The number of alkyl halides is 3. The van der Waals surface area contributed by atoms with Crippen molar-refractivity contribution in [3.05, 3.63) is 41.7 Å². The van der Waals surface area contributed by atoms with Crippen LogP contribution in [0.3, 0.4) is 0 Å². The van der Waals surface area contributed by atoms with Gasteiger partial charge in [0.1, 0.15) is 22.4 Å². The summed E-state index contributed by atoms with van der Waals surface area (Å²) in [5, 5.41) is 11.5. The number of anilines is 1. The topological polar surface area (TPSA) is 113 Å². The maximum Gasteiger partial charge on any atom is 0.422 e. The lowest BCUT2D eigenvalue weighted by Crippen LogP contribution is -2.19. The molecule has 2 aromatic rings. The van der Waals surface area contributed by atoms with Crippen LogP contribution in [0.15, 0.2) is 35.4 Å². The van der Waals surface area contributed by atoms with Crippen LogP contribution < -0.4 is 14.8 Å². The molecule has 0 aliphatic rings. The van der Waals surface area contributed by atoms with E-state index in [2.05, 4.69) is 14.8 Å². The molecule has 0 unspecified atom stereocenters. The third kappa shape index (κ3) is 5.02. The summed E-state index contributed by atoms with van der Waals surface area (Å²) in [4.78, 5) is 12.3. The van der Waals surface area contributed by atoms with E-state index in [-0.39, 0.29) is 27.6 Å². The van der Waals surface area contributed by atoms with Crippen LogP contribution in [0.4, 0.5) is 18.9 Å². The van der Waals surface area contributed by atoms with Gasteiger partial charge in [-0.05, 0) is 31.3 Å². The zero-order chi connectivity index (χ0) is 21.1. The summed E-state index contributed by atoms with van der Waals surface area (Å²) in [6.45, 7) is -1.56. The molecule has 0 aliphatic carbocycles. The molecule has 28 heavy (non-hydrogen) atoms. The third-order valence-corrected chi connectivity index (χ3v) is 4.92. The number of aromatic nitrogens is 1. The van der Waals surface area contributed by atoms with Crippen LogP contribution in [0, 0.1) is 11.3 Å². The second kappa shape index (κ2) is 7.91. The molecule has 0 radical (unpaired) electrons. The van der Waals surface area contributed by atoms with Gasteiger partial charge in [-0.2, -0.15) is 18.4 Å². The number of nitrogens with zero attached hydrogens (tertiary/aromatic N) is 2. The lowest BCUT2D eigenvalue weighted by Gasteiger charge is -2.12. The molecule has 0 fully saturated rings. The highest BCUT2D eigenvalue weighted by molar-refractivity contribution is 7.89. The van der Waals surface area contributed by atoms with E-state index in [0.29, 0.717) is 0 Å². The van der Waals surface area contributed by atoms with Crippen LogP contribution in [0.1, 0.15) is 16.1 Å². The molecular formula is C16H15F3N4O4S. The smallest absolute Gasteiger partial charge is 0.422 e. The molecule has 0 saturated carbocycles. The van der Waals surface area contributed by atoms with Crippen LogP contribution in [0.25, 0.3) is 0 Å². The number of halogens is 3. The molecule has 12 heteroatoms. The second-order valence-electron chi connectivity index (χ2n) is 5.56. The lowest BCUT2D eigenvalue weighted by molar-refractivity contribution is -0.153. The molecule has 0 atom stereocenters. The van der Waals surface area contributed by atoms with Gasteiger partial charge in [-0.3, -0.25) is 4.79 Å². The predicted octanol–water partition coefficient (Wildman–Crippen LogP) is 2.00. The zero-order valence-corrected chi connectivity index (χ0v) is 15.5. The van der Waals surface area contributed by atoms with Crippen molar-refractivity contribution in [2.24, 2.45) is 7.05 Å². The summed E-state index contributed by atoms with van der Waals surface area (Å²) >= 11 is 0. The Balaban J connectivity index is 2.22. The van der Waals surface area contributed by atoms with Gasteiger partial charge in [0.2, 0.25) is 10.0 Å². The van der Waals surface area contributed by atoms with Gasteiger partial charge in [-0.25, -0.2) is 13.1 Å². The van der Waals surface area contributed by atoms with E-state index in [0.717, 1.165) is 18.2 Å². The number of aryl methyl sites for hydroxylation is 1. The molecule has 8 nitrogen and oxygen atoms in total. The van der Waals surface area contributed by atoms with E-state index in [4.69, 9.17) is 5.26 Å². The number of ether oxygens (including phenoxy) is 1. The molecule has 1 aromatic carbocycles. The number of nitriles is 1. The Labute approximate surface area is 158 Å². The number of hydrogen-bond acceptors (Lipinski definition) is 5. The number of carbonyl (C=O) groups excluding carboxylic acids is 1. The van der Waals surface area contributed by atoms with E-state index in [1.165, 1.54) is 30.9 Å². The molecular weight excluding hydrogens is 401 g/mol. The van der Waals surface area contributed by atoms with Crippen molar-refractivity contribution in [1.29, 1.82) is 5.26 Å². The standard InChI is InChI=1S/C16H15F3N4O4S/c1-21-28(25,26)12-6-13(23(2)8-12)15(24)22-11-3-4-14(10(5-11)7-20)27-9-16(17,18)19/h3-6,8,21H,9H2,1-2H3,(H,22,24). The number of rotatable bonds is 6. The predicted molar refractivity (Wildman–Crippen MR) is 92.3 cm³/mol. The van der Waals surface area contributed by atoms with Crippen molar-refractivity contribution in [1.82, 2.24) is 9.29 Å². The first-order valence-corrected chi connectivity index (χ1v) is 9.10. The molecule has 1 heterocycles. The monoisotopic (exact) mass is 416 g/mol. The van der Waals surface area contributed by atoms with Crippen molar-refractivity contribution in [3.8, 4) is 11.8 Å². The SMILES string of the molecule is CNS(=O)(=O)c1cc(C(=O)Nc2ccc(OCC(F)(F)F)c(C#N)c2)n(C)c1. The van der Waals surface area contributed by atoms with Gasteiger partial charge in [0.05, 0.1) is 5.56 Å². The molecule has 2 N–H and O–H groups in total. The first-order valence-electron chi connectivity index (χ1n) is 7.62. The van der Waals surface area contributed by atoms with Gasteiger partial charge in [-0.1, -0.05) is 0 Å². The lowest BCUT2D eigenvalue weighted by atomic mass is 10.2. The Bertz CT molecular complexity index is 1040. The largest absolute Gasteiger partial charge is 0.483 e. The summed E-state index contributed by atoms with van der Waals surface area (Å²) in [5.74, 6) is -0.952. The highest BCUT2D eigenvalue weighted by Crippen LogP contribution is 2.25. The van der Waals surface area contributed by atoms with Gasteiger partial charge >= 0.3 is 6.18 Å². The Morgan fingerprint density at radius 1 is 1.32 bits per heavy atom. The van der Waals surface area contributed by atoms with Gasteiger partial charge in [0.25, 0.3) is 5.91 Å². The van der Waals surface area contributed by atoms with Crippen molar-refractivity contribution < 1.29 is 31.1 Å². The van der Waals surface area contributed by atoms with Crippen molar-refractivity contribution in [2.75, 3.05) is 19.0 Å². The second-order valence-corrected chi connectivity index (χ2v) is 7.45. The maximum atomic E-state index is 12.4. The Morgan fingerprint density at radius 3 is 2.57 bits per heavy atom. The van der Waals surface area contributed by atoms with Gasteiger partial charge in [0.15, 0.2) is 6.61 Å². The molecule has 0 saturated heterocycles. The summed E-state index contributed by atoms with van der Waals surface area (Å²) in [7, 11) is -1.04. The summed E-state index contributed by atoms with van der Waals surface area (Å²) in [6.07, 6.45) is -3.31. The van der Waals surface area contributed by atoms with Crippen LogP contribution in [0.2, 0.25) is 0 Å². The molecule has 0 spiro atoms. The van der Waals surface area contributed by atoms with Crippen molar-refractivity contribution >= 4 is 21.6 Å². The summed E-state index contributed by atoms with van der Waals surface area (Å²) < 4.78 is 68.4. The van der Waals surface area contributed by atoms with Crippen LogP contribution in [0.5, 0.6) is 5.75 Å². The minimum atomic E-state index is -4.56. The average molecular weight is 416 g/mol. The van der Waals surface area contributed by atoms with Crippen LogP contribution in [-0.2, 0) is 17.1 Å². The average Bonchev–Trinajstić information content (AvgIpc) is 3.02. The molecule has 1 aromatic heterocycles. The fourth-order valence-corrected chi connectivity index (χ4v) is 3.00. The fraction of sp³-hybridized carbons (Fsp3) is 0.250. The van der Waals surface area contributed by atoms with E-state index in [1.807, 2.05) is 0 Å². The number of nitrogens with one attached hydrogen (secondary N) is 2. The molecule has 0 aliphatic heterocycles. The van der Waals surface area contributed by atoms with Crippen LogP contribution in [-0.4, -0.2) is 38.7 Å². The minimum absolute atomic E-state index is 0.0183. The number of hydrogen-bond donors (Lipinski definition) is 2. The highest BCUT2D eigenvalue weighted by Gasteiger charge is 2.29. The summed E-state index contributed by atoms with van der Waals surface area (Å²) in [5.41, 5.74) is -0.0581. The van der Waals surface area contributed by atoms with E-state index >= 15 is 0 Å². The van der Waals surface area contributed by atoms with Gasteiger partial charge in [0, 0.05) is 18.9 Å². The highest BCUT2D eigenvalue weighted by atomic mass is 32.2. The fourth-order valence-electron chi connectivity index (χ4n) is 2.20. The Hall–Kier alpha value is -3.04. The normalized spacial score (nSPS) is 11.7. The zero-order valence-electron chi connectivity index (χ0n) is 14.7. The molecule has 2 rings (SSSR count). The number of sulfonamides is 1. The Kier molecular flexibility index (Phi) is 6.01. The van der Waals surface area contributed by atoms with Crippen molar-refractivity contribution in [2.45, 2.75) is 11.1 Å². The minimum Gasteiger partial charge on any atom is -0.483 e. The molecule has 150 valence electrons. The van der Waals surface area contributed by atoms with E-state index in [1.54, 1.807) is 6.07 Å². The molecule has 1 amide bonds. The number of benzene rings is 1.